The SMILES string of the molecule is C=CCc1ccccc1OC(NC(C)C)C(C)O. The van der Waals surface area contributed by atoms with Crippen LogP contribution in [0.15, 0.2) is 36.9 Å². The number of nitrogens with one attached hydrogen (secondary N) is 1. The molecule has 1 aromatic rings. The van der Waals surface area contributed by atoms with E-state index in [2.05, 4.69) is 11.9 Å². The van der Waals surface area contributed by atoms with E-state index < -0.39 is 12.3 Å². The number of rotatable bonds is 7. The molecule has 2 unspecified atom stereocenters. The molecular weight excluding hydrogens is 226 g/mol. The van der Waals surface area contributed by atoms with Gasteiger partial charge in [0.1, 0.15) is 11.9 Å². The van der Waals surface area contributed by atoms with Crippen molar-refractivity contribution in [3.63, 3.8) is 0 Å². The Labute approximate surface area is 109 Å². The Balaban J connectivity index is 2.82. The van der Waals surface area contributed by atoms with Gasteiger partial charge in [-0.25, -0.2) is 0 Å². The molecule has 0 heterocycles. The zero-order valence-electron chi connectivity index (χ0n) is 11.4. The van der Waals surface area contributed by atoms with E-state index in [1.165, 1.54) is 0 Å². The van der Waals surface area contributed by atoms with Gasteiger partial charge in [0.15, 0.2) is 6.23 Å². The van der Waals surface area contributed by atoms with Gasteiger partial charge in [-0.05, 0) is 38.8 Å². The van der Waals surface area contributed by atoms with Crippen LogP contribution in [-0.2, 0) is 6.42 Å². The maximum atomic E-state index is 9.74. The molecule has 0 spiro atoms. The Morgan fingerprint density at radius 3 is 2.56 bits per heavy atom. The van der Waals surface area contributed by atoms with Crippen molar-refractivity contribution in [2.24, 2.45) is 0 Å². The van der Waals surface area contributed by atoms with Crippen LogP contribution < -0.4 is 10.1 Å². The quantitative estimate of drug-likeness (QED) is 0.576. The molecule has 0 aliphatic carbocycles. The van der Waals surface area contributed by atoms with Crippen LogP contribution in [0.4, 0.5) is 0 Å². The smallest absolute Gasteiger partial charge is 0.176 e. The minimum absolute atomic E-state index is 0.246. The highest BCUT2D eigenvalue weighted by atomic mass is 16.5. The van der Waals surface area contributed by atoms with E-state index in [0.29, 0.717) is 0 Å². The van der Waals surface area contributed by atoms with Crippen LogP contribution in [0, 0.1) is 0 Å². The van der Waals surface area contributed by atoms with E-state index >= 15 is 0 Å². The molecule has 0 aromatic heterocycles. The summed E-state index contributed by atoms with van der Waals surface area (Å²) in [5.74, 6) is 0.788. The van der Waals surface area contributed by atoms with Gasteiger partial charge in [-0.1, -0.05) is 24.3 Å². The summed E-state index contributed by atoms with van der Waals surface area (Å²) in [5, 5.41) is 12.9. The van der Waals surface area contributed by atoms with Crippen molar-refractivity contribution in [1.82, 2.24) is 5.32 Å². The fourth-order valence-electron chi connectivity index (χ4n) is 1.68. The molecule has 0 fully saturated rings. The van der Waals surface area contributed by atoms with E-state index in [1.807, 2.05) is 44.2 Å². The second-order valence-electron chi connectivity index (χ2n) is 4.70. The van der Waals surface area contributed by atoms with Crippen molar-refractivity contribution < 1.29 is 9.84 Å². The summed E-state index contributed by atoms with van der Waals surface area (Å²) in [7, 11) is 0. The molecule has 100 valence electrons. The van der Waals surface area contributed by atoms with Gasteiger partial charge in [0.2, 0.25) is 0 Å². The standard InChI is InChI=1S/C15H23NO2/c1-5-8-13-9-6-7-10-14(13)18-15(12(4)17)16-11(2)3/h5-7,9-12,15-17H,1,8H2,2-4H3. The third kappa shape index (κ3) is 4.51. The monoisotopic (exact) mass is 249 g/mol. The molecule has 0 aliphatic heterocycles. The van der Waals surface area contributed by atoms with E-state index in [0.717, 1.165) is 17.7 Å². The molecule has 2 atom stereocenters. The lowest BCUT2D eigenvalue weighted by Crippen LogP contribution is -2.46. The third-order valence-corrected chi connectivity index (χ3v) is 2.53. The van der Waals surface area contributed by atoms with Gasteiger partial charge in [0.05, 0.1) is 0 Å². The number of aliphatic hydroxyl groups excluding tert-OH is 1. The van der Waals surface area contributed by atoms with Crippen molar-refractivity contribution in [2.75, 3.05) is 0 Å². The molecular formula is C15H23NO2. The number of ether oxygens (including phenoxy) is 1. The minimum Gasteiger partial charge on any atom is -0.472 e. The molecule has 3 heteroatoms. The Bertz CT molecular complexity index is 375. The summed E-state index contributed by atoms with van der Waals surface area (Å²) in [4.78, 5) is 0. The lowest BCUT2D eigenvalue weighted by atomic mass is 10.1. The molecule has 0 saturated carbocycles. The van der Waals surface area contributed by atoms with Crippen molar-refractivity contribution in [2.45, 2.75) is 45.6 Å². The number of para-hydroxylation sites is 1. The van der Waals surface area contributed by atoms with Crippen LogP contribution in [0.5, 0.6) is 5.75 Å². The van der Waals surface area contributed by atoms with Gasteiger partial charge < -0.3 is 9.84 Å². The zero-order chi connectivity index (χ0) is 13.5. The maximum absolute atomic E-state index is 9.74. The first-order chi connectivity index (χ1) is 8.54. The van der Waals surface area contributed by atoms with Gasteiger partial charge in [-0.15, -0.1) is 6.58 Å². The lowest BCUT2D eigenvalue weighted by Gasteiger charge is -2.26. The van der Waals surface area contributed by atoms with Crippen LogP contribution in [-0.4, -0.2) is 23.5 Å². The van der Waals surface area contributed by atoms with Gasteiger partial charge >= 0.3 is 0 Å². The summed E-state index contributed by atoms with van der Waals surface area (Å²) < 4.78 is 5.86. The van der Waals surface area contributed by atoms with Crippen molar-refractivity contribution >= 4 is 0 Å². The average molecular weight is 249 g/mol. The Hall–Kier alpha value is -1.32. The minimum atomic E-state index is -0.579. The fraction of sp³-hybridized carbons (Fsp3) is 0.467. The molecule has 1 aromatic carbocycles. The molecule has 0 aliphatic rings. The van der Waals surface area contributed by atoms with Crippen LogP contribution in [0.3, 0.4) is 0 Å². The molecule has 0 amide bonds. The average Bonchev–Trinajstić information content (AvgIpc) is 2.30. The number of hydrogen-bond acceptors (Lipinski definition) is 3. The van der Waals surface area contributed by atoms with Crippen LogP contribution in [0.2, 0.25) is 0 Å². The molecule has 3 nitrogen and oxygen atoms in total. The summed E-state index contributed by atoms with van der Waals surface area (Å²) in [5.41, 5.74) is 1.07. The van der Waals surface area contributed by atoms with Gasteiger partial charge in [-0.3, -0.25) is 5.32 Å². The number of benzene rings is 1. The first-order valence-electron chi connectivity index (χ1n) is 6.34. The molecule has 0 saturated heterocycles. The second-order valence-corrected chi connectivity index (χ2v) is 4.70. The van der Waals surface area contributed by atoms with E-state index in [-0.39, 0.29) is 6.04 Å². The topological polar surface area (TPSA) is 41.5 Å². The molecule has 1 rings (SSSR count). The predicted molar refractivity (Wildman–Crippen MR) is 74.7 cm³/mol. The van der Waals surface area contributed by atoms with Crippen LogP contribution >= 0.6 is 0 Å². The zero-order valence-corrected chi connectivity index (χ0v) is 11.4. The van der Waals surface area contributed by atoms with Gasteiger partial charge in [0.25, 0.3) is 0 Å². The molecule has 2 N–H and O–H groups in total. The largest absolute Gasteiger partial charge is 0.472 e. The van der Waals surface area contributed by atoms with E-state index in [4.69, 9.17) is 4.74 Å². The lowest BCUT2D eigenvalue weighted by molar-refractivity contribution is 0.0213. The molecule has 0 radical (unpaired) electrons. The molecule has 0 bridgehead atoms. The van der Waals surface area contributed by atoms with Gasteiger partial charge in [0, 0.05) is 6.04 Å². The predicted octanol–water partition coefficient (Wildman–Crippen LogP) is 2.50. The van der Waals surface area contributed by atoms with Gasteiger partial charge in [-0.2, -0.15) is 0 Å². The Morgan fingerprint density at radius 2 is 2.00 bits per heavy atom. The van der Waals surface area contributed by atoms with Crippen molar-refractivity contribution in [3.8, 4) is 5.75 Å². The summed E-state index contributed by atoms with van der Waals surface area (Å²) >= 11 is 0. The number of aliphatic hydroxyl groups is 1. The normalized spacial score (nSPS) is 14.3. The highest BCUT2D eigenvalue weighted by molar-refractivity contribution is 5.34. The maximum Gasteiger partial charge on any atom is 0.176 e. The van der Waals surface area contributed by atoms with Crippen LogP contribution in [0.25, 0.3) is 0 Å². The number of hydrogen-bond donors (Lipinski definition) is 2. The third-order valence-electron chi connectivity index (χ3n) is 2.53. The first-order valence-corrected chi connectivity index (χ1v) is 6.34. The van der Waals surface area contributed by atoms with E-state index in [1.54, 1.807) is 6.92 Å². The molecule has 18 heavy (non-hydrogen) atoms. The fourth-order valence-corrected chi connectivity index (χ4v) is 1.68. The first kappa shape index (κ1) is 14.7. The van der Waals surface area contributed by atoms with E-state index in [9.17, 15) is 5.11 Å². The highest BCUT2D eigenvalue weighted by Gasteiger charge is 2.18. The van der Waals surface area contributed by atoms with Crippen molar-refractivity contribution in [1.29, 1.82) is 0 Å². The second kappa shape index (κ2) is 7.19. The summed E-state index contributed by atoms with van der Waals surface area (Å²) in [6.07, 6.45) is 1.61. The summed E-state index contributed by atoms with van der Waals surface area (Å²) in [6.45, 7) is 9.50. The van der Waals surface area contributed by atoms with Crippen molar-refractivity contribution in [3.05, 3.63) is 42.5 Å². The Morgan fingerprint density at radius 1 is 1.33 bits per heavy atom. The number of allylic oxidation sites excluding steroid dienone is 1. The highest BCUT2D eigenvalue weighted by Crippen LogP contribution is 2.20. The van der Waals surface area contributed by atoms with Crippen LogP contribution in [0.1, 0.15) is 26.3 Å². The Kier molecular flexibility index (Phi) is 5.89. The summed E-state index contributed by atoms with van der Waals surface area (Å²) in [6, 6.07) is 8.06.